The maximum atomic E-state index is 12.5. The van der Waals surface area contributed by atoms with Crippen LogP contribution in [0.25, 0.3) is 0 Å². The van der Waals surface area contributed by atoms with Gasteiger partial charge < -0.3 is 14.8 Å². The number of hydrogen-bond donors (Lipinski definition) is 1. The van der Waals surface area contributed by atoms with E-state index in [-0.39, 0.29) is 11.8 Å². The Kier molecular flexibility index (Phi) is 4.27. The highest BCUT2D eigenvalue weighted by molar-refractivity contribution is 5.96. The van der Waals surface area contributed by atoms with Crippen molar-refractivity contribution in [2.24, 2.45) is 11.1 Å². The molecule has 2 rings (SSSR count). The van der Waals surface area contributed by atoms with E-state index in [1.54, 1.807) is 18.1 Å². The fourth-order valence-corrected chi connectivity index (χ4v) is 2.49. The number of aryl methyl sites for hydroxylation is 1. The summed E-state index contributed by atoms with van der Waals surface area (Å²) in [5.41, 5.74) is 2.39. The topological polar surface area (TPSA) is 62.1 Å². The Morgan fingerprint density at radius 1 is 1.50 bits per heavy atom. The van der Waals surface area contributed by atoms with E-state index in [2.05, 4.69) is 5.16 Å². The number of rotatable bonds is 2. The standard InChI is InChI=1S/C15H20N2O3/c1-10-4-5-12(8-14(10)20-3)15(18)17-7-6-13(16-19)11(2)9-17/h4-5,8,11,19H,6-7,9H2,1-3H3/b16-13-. The molecule has 1 aromatic rings. The number of methoxy groups -OCH3 is 1. The van der Waals surface area contributed by atoms with Crippen LogP contribution >= 0.6 is 0 Å². The van der Waals surface area contributed by atoms with Gasteiger partial charge in [-0.25, -0.2) is 0 Å². The molecule has 1 atom stereocenters. The monoisotopic (exact) mass is 276 g/mol. The first-order chi connectivity index (χ1) is 9.56. The Hall–Kier alpha value is -2.04. The summed E-state index contributed by atoms with van der Waals surface area (Å²) >= 11 is 0. The molecule has 1 fully saturated rings. The Morgan fingerprint density at radius 2 is 2.25 bits per heavy atom. The lowest BCUT2D eigenvalue weighted by Crippen LogP contribution is -2.43. The number of ether oxygens (including phenoxy) is 1. The number of likely N-dealkylation sites (tertiary alicyclic amines) is 1. The van der Waals surface area contributed by atoms with Crippen molar-refractivity contribution in [3.63, 3.8) is 0 Å². The Bertz CT molecular complexity index is 540. The molecule has 1 unspecified atom stereocenters. The van der Waals surface area contributed by atoms with E-state index in [1.165, 1.54) is 0 Å². The number of hydrogen-bond acceptors (Lipinski definition) is 4. The van der Waals surface area contributed by atoms with Gasteiger partial charge in [0.25, 0.3) is 5.91 Å². The number of oxime groups is 1. The van der Waals surface area contributed by atoms with Crippen LogP contribution in [0.3, 0.4) is 0 Å². The summed E-state index contributed by atoms with van der Waals surface area (Å²) in [5.74, 6) is 0.802. The molecule has 108 valence electrons. The Morgan fingerprint density at radius 3 is 2.85 bits per heavy atom. The molecule has 1 amide bonds. The summed E-state index contributed by atoms with van der Waals surface area (Å²) in [5, 5.41) is 12.2. The second-order valence-corrected chi connectivity index (χ2v) is 5.18. The fourth-order valence-electron chi connectivity index (χ4n) is 2.49. The van der Waals surface area contributed by atoms with Gasteiger partial charge >= 0.3 is 0 Å². The first-order valence-corrected chi connectivity index (χ1v) is 6.71. The van der Waals surface area contributed by atoms with Gasteiger partial charge in [-0.2, -0.15) is 0 Å². The number of carbonyl (C=O) groups excluding carboxylic acids is 1. The van der Waals surface area contributed by atoms with Crippen LogP contribution in [-0.4, -0.2) is 41.9 Å². The lowest BCUT2D eigenvalue weighted by atomic mass is 9.97. The van der Waals surface area contributed by atoms with Crippen molar-refractivity contribution >= 4 is 11.6 Å². The van der Waals surface area contributed by atoms with Crippen LogP contribution in [0.15, 0.2) is 23.4 Å². The quantitative estimate of drug-likeness (QED) is 0.666. The lowest BCUT2D eigenvalue weighted by molar-refractivity contribution is 0.0733. The SMILES string of the molecule is COc1cc(C(=O)N2CC/C(=N/O)C(C)C2)ccc1C. The van der Waals surface area contributed by atoms with Crippen molar-refractivity contribution < 1.29 is 14.7 Å². The highest BCUT2D eigenvalue weighted by Gasteiger charge is 2.26. The minimum Gasteiger partial charge on any atom is -0.496 e. The van der Waals surface area contributed by atoms with E-state index in [0.29, 0.717) is 25.1 Å². The van der Waals surface area contributed by atoms with Gasteiger partial charge in [-0.05, 0) is 24.6 Å². The van der Waals surface area contributed by atoms with Crippen LogP contribution in [0.5, 0.6) is 5.75 Å². The molecule has 5 nitrogen and oxygen atoms in total. The predicted molar refractivity (Wildman–Crippen MR) is 76.6 cm³/mol. The second-order valence-electron chi connectivity index (χ2n) is 5.18. The summed E-state index contributed by atoms with van der Waals surface area (Å²) in [6.45, 7) is 5.07. The smallest absolute Gasteiger partial charge is 0.254 e. The number of benzene rings is 1. The number of nitrogens with zero attached hydrogens (tertiary/aromatic N) is 2. The summed E-state index contributed by atoms with van der Waals surface area (Å²) in [6.07, 6.45) is 0.617. The van der Waals surface area contributed by atoms with Crippen LogP contribution in [0.1, 0.15) is 29.3 Å². The molecule has 20 heavy (non-hydrogen) atoms. The van der Waals surface area contributed by atoms with Gasteiger partial charge in [0.2, 0.25) is 0 Å². The van der Waals surface area contributed by atoms with E-state index < -0.39 is 0 Å². The van der Waals surface area contributed by atoms with Gasteiger partial charge in [0.15, 0.2) is 0 Å². The second kappa shape index (κ2) is 5.94. The molecule has 1 aromatic carbocycles. The molecule has 0 spiro atoms. The zero-order chi connectivity index (χ0) is 14.7. The Labute approximate surface area is 118 Å². The number of amides is 1. The molecule has 0 bridgehead atoms. The van der Waals surface area contributed by atoms with Crippen LogP contribution in [0.2, 0.25) is 0 Å². The number of carbonyl (C=O) groups is 1. The first kappa shape index (κ1) is 14.4. The summed E-state index contributed by atoms with van der Waals surface area (Å²) in [6, 6.07) is 5.48. The van der Waals surface area contributed by atoms with Gasteiger partial charge in [-0.3, -0.25) is 4.79 Å². The predicted octanol–water partition coefficient (Wildman–Crippen LogP) is 2.32. The first-order valence-electron chi connectivity index (χ1n) is 6.71. The van der Waals surface area contributed by atoms with Crippen LogP contribution < -0.4 is 4.74 Å². The number of piperidine rings is 1. The zero-order valence-corrected chi connectivity index (χ0v) is 12.1. The van der Waals surface area contributed by atoms with E-state index in [0.717, 1.165) is 17.0 Å². The fraction of sp³-hybridized carbons (Fsp3) is 0.467. The molecule has 0 aromatic heterocycles. The molecule has 0 saturated carbocycles. The average molecular weight is 276 g/mol. The molecule has 5 heteroatoms. The van der Waals surface area contributed by atoms with Crippen LogP contribution in [-0.2, 0) is 0 Å². The third-order valence-electron chi connectivity index (χ3n) is 3.77. The van der Waals surface area contributed by atoms with Gasteiger partial charge in [0, 0.05) is 31.0 Å². The van der Waals surface area contributed by atoms with E-state index in [9.17, 15) is 4.79 Å². The molecule has 0 radical (unpaired) electrons. The van der Waals surface area contributed by atoms with Crippen molar-refractivity contribution in [2.75, 3.05) is 20.2 Å². The molecule has 0 aliphatic carbocycles. The zero-order valence-electron chi connectivity index (χ0n) is 12.1. The van der Waals surface area contributed by atoms with Crippen molar-refractivity contribution in [3.8, 4) is 5.75 Å². The minimum atomic E-state index is -0.00728. The van der Waals surface area contributed by atoms with Gasteiger partial charge in [0.1, 0.15) is 5.75 Å². The molecule has 1 aliphatic heterocycles. The van der Waals surface area contributed by atoms with Gasteiger partial charge in [0.05, 0.1) is 12.8 Å². The highest BCUT2D eigenvalue weighted by atomic mass is 16.5. The van der Waals surface area contributed by atoms with E-state index in [4.69, 9.17) is 9.94 Å². The van der Waals surface area contributed by atoms with Gasteiger partial charge in [-0.1, -0.05) is 18.1 Å². The summed E-state index contributed by atoms with van der Waals surface area (Å²) in [7, 11) is 1.60. The van der Waals surface area contributed by atoms with Crippen LogP contribution in [0.4, 0.5) is 0 Å². The average Bonchev–Trinajstić information content (AvgIpc) is 2.47. The van der Waals surface area contributed by atoms with E-state index >= 15 is 0 Å². The molecular weight excluding hydrogens is 256 g/mol. The largest absolute Gasteiger partial charge is 0.496 e. The van der Waals surface area contributed by atoms with Crippen molar-refractivity contribution in [1.29, 1.82) is 0 Å². The lowest BCUT2D eigenvalue weighted by Gasteiger charge is -2.31. The maximum Gasteiger partial charge on any atom is 0.254 e. The molecule has 1 N–H and O–H groups in total. The van der Waals surface area contributed by atoms with E-state index in [1.807, 2.05) is 26.0 Å². The highest BCUT2D eigenvalue weighted by Crippen LogP contribution is 2.22. The Balaban J connectivity index is 2.16. The molecule has 1 saturated heterocycles. The molecule has 1 heterocycles. The third kappa shape index (κ3) is 2.76. The summed E-state index contributed by atoms with van der Waals surface area (Å²) in [4.78, 5) is 14.3. The summed E-state index contributed by atoms with van der Waals surface area (Å²) < 4.78 is 5.26. The minimum absolute atomic E-state index is 0.00728. The normalized spacial score (nSPS) is 21.1. The van der Waals surface area contributed by atoms with Gasteiger partial charge in [-0.15, -0.1) is 0 Å². The molecular formula is C15H20N2O3. The van der Waals surface area contributed by atoms with Crippen molar-refractivity contribution in [3.05, 3.63) is 29.3 Å². The third-order valence-corrected chi connectivity index (χ3v) is 3.77. The van der Waals surface area contributed by atoms with Crippen molar-refractivity contribution in [2.45, 2.75) is 20.3 Å². The van der Waals surface area contributed by atoms with Crippen molar-refractivity contribution in [1.82, 2.24) is 4.90 Å². The van der Waals surface area contributed by atoms with Crippen LogP contribution in [0, 0.1) is 12.8 Å². The maximum absolute atomic E-state index is 12.5. The molecule has 1 aliphatic rings.